The topological polar surface area (TPSA) is 67.6 Å². The quantitative estimate of drug-likeness (QED) is 0.792. The highest BCUT2D eigenvalue weighted by Crippen LogP contribution is 2.27. The summed E-state index contributed by atoms with van der Waals surface area (Å²) in [5.41, 5.74) is 8.18. The lowest BCUT2D eigenvalue weighted by molar-refractivity contribution is -0.122. The molecule has 1 atom stereocenters. The molecular formula is C17H27N3O2. The van der Waals surface area contributed by atoms with Crippen molar-refractivity contribution >= 4 is 5.91 Å². The lowest BCUT2D eigenvalue weighted by Gasteiger charge is -2.22. The summed E-state index contributed by atoms with van der Waals surface area (Å²) in [4.78, 5) is 14.3. The summed E-state index contributed by atoms with van der Waals surface area (Å²) in [6.45, 7) is 6.26. The molecule has 1 aliphatic heterocycles. The number of nitrogens with one attached hydrogen (secondary N) is 1. The molecule has 1 heterocycles. The lowest BCUT2D eigenvalue weighted by atomic mass is 9.90. The molecular weight excluding hydrogens is 278 g/mol. The summed E-state index contributed by atoms with van der Waals surface area (Å²) < 4.78 is 5.19. The summed E-state index contributed by atoms with van der Waals surface area (Å²) in [5.74, 6) is 0.0634. The number of hydrogen-bond donors (Lipinski definition) is 2. The Morgan fingerprint density at radius 3 is 2.77 bits per heavy atom. The zero-order valence-corrected chi connectivity index (χ0v) is 13.6. The van der Waals surface area contributed by atoms with Gasteiger partial charge in [0.05, 0.1) is 13.2 Å². The largest absolute Gasteiger partial charge is 0.380 e. The predicted octanol–water partition coefficient (Wildman–Crippen LogP) is 1.12. The second kappa shape index (κ2) is 7.72. The van der Waals surface area contributed by atoms with E-state index in [0.717, 1.165) is 30.6 Å². The maximum atomic E-state index is 12.1. The van der Waals surface area contributed by atoms with E-state index >= 15 is 0 Å². The number of rotatable bonds is 7. The molecule has 0 aromatic heterocycles. The third kappa shape index (κ3) is 4.53. The van der Waals surface area contributed by atoms with Gasteiger partial charge in [-0.25, -0.2) is 0 Å². The average molecular weight is 305 g/mol. The zero-order chi connectivity index (χ0) is 16.0. The molecule has 1 aromatic rings. The number of nitrogens with two attached hydrogens (primary N) is 1. The highest BCUT2D eigenvalue weighted by molar-refractivity contribution is 5.78. The molecule has 1 aliphatic rings. The number of carbonyl (C=O) groups is 1. The Morgan fingerprint density at radius 1 is 1.41 bits per heavy atom. The van der Waals surface area contributed by atoms with E-state index in [1.807, 2.05) is 24.3 Å². The molecule has 0 spiro atoms. The van der Waals surface area contributed by atoms with Crippen LogP contribution in [0.15, 0.2) is 24.3 Å². The Labute approximate surface area is 132 Å². The molecule has 0 aliphatic carbocycles. The van der Waals surface area contributed by atoms with Crippen molar-refractivity contribution < 1.29 is 9.53 Å². The first-order valence-corrected chi connectivity index (χ1v) is 7.81. The second-order valence-electron chi connectivity index (χ2n) is 6.45. The number of likely N-dealkylation sites (tertiary alicyclic amines) is 1. The van der Waals surface area contributed by atoms with Crippen LogP contribution in [0, 0.1) is 5.41 Å². The third-order valence-electron chi connectivity index (χ3n) is 4.39. The molecule has 2 rings (SSSR count). The van der Waals surface area contributed by atoms with Crippen LogP contribution in [0.3, 0.4) is 0 Å². The molecule has 1 fully saturated rings. The molecule has 3 N–H and O–H groups in total. The van der Waals surface area contributed by atoms with Gasteiger partial charge in [-0.05, 0) is 36.1 Å². The molecule has 1 aromatic carbocycles. The van der Waals surface area contributed by atoms with E-state index in [9.17, 15) is 4.79 Å². The van der Waals surface area contributed by atoms with Crippen LogP contribution >= 0.6 is 0 Å². The maximum Gasteiger partial charge on any atom is 0.234 e. The summed E-state index contributed by atoms with van der Waals surface area (Å²) in [6.07, 6.45) is 1.06. The van der Waals surface area contributed by atoms with Crippen molar-refractivity contribution in [3.05, 3.63) is 35.4 Å². The van der Waals surface area contributed by atoms with Crippen LogP contribution in [0.5, 0.6) is 0 Å². The molecule has 122 valence electrons. The minimum atomic E-state index is 0.0634. The highest BCUT2D eigenvalue weighted by atomic mass is 16.5. The van der Waals surface area contributed by atoms with E-state index in [1.165, 1.54) is 0 Å². The third-order valence-corrected chi connectivity index (χ3v) is 4.39. The van der Waals surface area contributed by atoms with Gasteiger partial charge in [0.2, 0.25) is 5.91 Å². The maximum absolute atomic E-state index is 12.1. The first-order valence-electron chi connectivity index (χ1n) is 7.81. The van der Waals surface area contributed by atoms with Crippen molar-refractivity contribution in [2.24, 2.45) is 11.1 Å². The summed E-state index contributed by atoms with van der Waals surface area (Å²) in [6, 6.07) is 8.01. The minimum absolute atomic E-state index is 0.0634. The van der Waals surface area contributed by atoms with Crippen LogP contribution in [0.2, 0.25) is 0 Å². The standard InChI is InChI=1S/C17H27N3O2/c1-17(12-18)7-8-20(13-17)10-16(21)19-9-14-5-3-4-6-15(14)11-22-2/h3-6H,7-13,18H2,1-2H3,(H,19,21). The zero-order valence-electron chi connectivity index (χ0n) is 13.6. The number of amides is 1. The fourth-order valence-electron chi connectivity index (χ4n) is 2.91. The number of ether oxygens (including phenoxy) is 1. The van der Waals surface area contributed by atoms with Crippen molar-refractivity contribution in [1.29, 1.82) is 0 Å². The highest BCUT2D eigenvalue weighted by Gasteiger charge is 2.32. The SMILES string of the molecule is COCc1ccccc1CNC(=O)CN1CCC(C)(CN)C1. The smallest absolute Gasteiger partial charge is 0.234 e. The fourth-order valence-corrected chi connectivity index (χ4v) is 2.91. The Kier molecular flexibility index (Phi) is 5.94. The number of benzene rings is 1. The number of hydrogen-bond acceptors (Lipinski definition) is 4. The van der Waals surface area contributed by atoms with Crippen LogP contribution in [-0.2, 0) is 22.7 Å². The molecule has 0 bridgehead atoms. The summed E-state index contributed by atoms with van der Waals surface area (Å²) in [7, 11) is 1.68. The molecule has 5 heteroatoms. The van der Waals surface area contributed by atoms with E-state index in [0.29, 0.717) is 26.2 Å². The van der Waals surface area contributed by atoms with Gasteiger partial charge in [0.15, 0.2) is 0 Å². The molecule has 0 saturated carbocycles. The van der Waals surface area contributed by atoms with E-state index in [4.69, 9.17) is 10.5 Å². The van der Waals surface area contributed by atoms with Gasteiger partial charge in [-0.15, -0.1) is 0 Å². The number of methoxy groups -OCH3 is 1. The van der Waals surface area contributed by atoms with Crippen LogP contribution in [0.25, 0.3) is 0 Å². The first kappa shape index (κ1) is 16.9. The monoisotopic (exact) mass is 305 g/mol. The molecule has 1 amide bonds. The minimum Gasteiger partial charge on any atom is -0.380 e. The Bertz CT molecular complexity index is 506. The van der Waals surface area contributed by atoms with E-state index in [1.54, 1.807) is 7.11 Å². The predicted molar refractivity (Wildman–Crippen MR) is 87.2 cm³/mol. The van der Waals surface area contributed by atoms with Gasteiger partial charge >= 0.3 is 0 Å². The van der Waals surface area contributed by atoms with Crippen LogP contribution in [0.4, 0.5) is 0 Å². The van der Waals surface area contributed by atoms with Crippen LogP contribution in [0.1, 0.15) is 24.5 Å². The normalized spacial score (nSPS) is 22.0. The van der Waals surface area contributed by atoms with E-state index in [-0.39, 0.29) is 11.3 Å². The molecule has 22 heavy (non-hydrogen) atoms. The van der Waals surface area contributed by atoms with Gasteiger partial charge in [-0.3, -0.25) is 9.69 Å². The Morgan fingerprint density at radius 2 is 2.14 bits per heavy atom. The fraction of sp³-hybridized carbons (Fsp3) is 0.588. The van der Waals surface area contributed by atoms with E-state index < -0.39 is 0 Å². The average Bonchev–Trinajstić information content (AvgIpc) is 2.88. The number of carbonyl (C=O) groups excluding carboxylic acids is 1. The summed E-state index contributed by atoms with van der Waals surface area (Å²) >= 11 is 0. The van der Waals surface area contributed by atoms with Gasteiger partial charge in [-0.2, -0.15) is 0 Å². The van der Waals surface area contributed by atoms with Crippen LogP contribution < -0.4 is 11.1 Å². The van der Waals surface area contributed by atoms with Crippen molar-refractivity contribution in [2.75, 3.05) is 33.3 Å². The summed E-state index contributed by atoms with van der Waals surface area (Å²) in [5, 5.41) is 3.00. The van der Waals surface area contributed by atoms with Crippen molar-refractivity contribution in [1.82, 2.24) is 10.2 Å². The van der Waals surface area contributed by atoms with Crippen LogP contribution in [-0.4, -0.2) is 44.1 Å². The van der Waals surface area contributed by atoms with Gasteiger partial charge in [0.1, 0.15) is 0 Å². The van der Waals surface area contributed by atoms with Crippen molar-refractivity contribution in [3.8, 4) is 0 Å². The van der Waals surface area contributed by atoms with Gasteiger partial charge < -0.3 is 15.8 Å². The van der Waals surface area contributed by atoms with Crippen molar-refractivity contribution in [2.45, 2.75) is 26.5 Å². The van der Waals surface area contributed by atoms with Gasteiger partial charge in [0.25, 0.3) is 0 Å². The molecule has 0 radical (unpaired) electrons. The second-order valence-corrected chi connectivity index (χ2v) is 6.45. The molecule has 1 saturated heterocycles. The lowest BCUT2D eigenvalue weighted by Crippen LogP contribution is -2.38. The Hall–Kier alpha value is -1.43. The molecule has 1 unspecified atom stereocenters. The van der Waals surface area contributed by atoms with Crippen molar-refractivity contribution in [3.63, 3.8) is 0 Å². The Balaban J connectivity index is 1.81. The first-order chi connectivity index (χ1) is 10.6. The van der Waals surface area contributed by atoms with Gasteiger partial charge in [-0.1, -0.05) is 31.2 Å². The van der Waals surface area contributed by atoms with Gasteiger partial charge in [0, 0.05) is 20.2 Å². The molecule has 5 nitrogen and oxygen atoms in total. The van der Waals surface area contributed by atoms with E-state index in [2.05, 4.69) is 17.1 Å². The number of nitrogens with zero attached hydrogens (tertiary/aromatic N) is 1.